The largest absolute Gasteiger partial charge is 0.458 e. The van der Waals surface area contributed by atoms with Gasteiger partial charge in [-0.1, -0.05) is 46.5 Å². The topological polar surface area (TPSA) is 102 Å². The summed E-state index contributed by atoms with van der Waals surface area (Å²) in [4.78, 5) is 41.9. The van der Waals surface area contributed by atoms with E-state index >= 15 is 0 Å². The van der Waals surface area contributed by atoms with Gasteiger partial charge in [0.25, 0.3) is 0 Å². The van der Waals surface area contributed by atoms with Gasteiger partial charge in [0.15, 0.2) is 0 Å². The van der Waals surface area contributed by atoms with E-state index in [0.717, 1.165) is 44.9 Å². The van der Waals surface area contributed by atoms with Gasteiger partial charge in [-0.2, -0.15) is 0 Å². The third kappa shape index (κ3) is 6.09. The van der Waals surface area contributed by atoms with Gasteiger partial charge >= 0.3 is 5.97 Å². The first-order chi connectivity index (χ1) is 15.3. The fourth-order valence-electron chi connectivity index (χ4n) is 5.96. The van der Waals surface area contributed by atoms with E-state index in [2.05, 4.69) is 5.32 Å². The SMILES string of the molecule is CC(C)(C)OC(=O)[C@@H]1[C@@H]2CCC[C@@H]2CN1C(=O)[C@@H](NC(=O)[C@H](N)C1CCCCC1)C(C)(C)C. The molecule has 0 aromatic carbocycles. The number of likely N-dealkylation sites (tertiary alicyclic amines) is 1. The number of nitrogens with one attached hydrogen (secondary N) is 1. The summed E-state index contributed by atoms with van der Waals surface area (Å²) in [6, 6.07) is -1.94. The highest BCUT2D eigenvalue weighted by atomic mass is 16.6. The standard InChI is InChI=1S/C26H45N3O4/c1-25(2,3)21(28-22(30)19(27)16-11-8-7-9-12-16)23(31)29-15-17-13-10-14-18(17)20(29)24(32)33-26(4,5)6/h16-21H,7-15,27H2,1-6H3,(H,28,30)/t17-,18-,19-,20+,21-/m1/s1. The molecule has 3 N–H and O–H groups in total. The van der Waals surface area contributed by atoms with Crippen LogP contribution in [0, 0.1) is 23.2 Å². The van der Waals surface area contributed by atoms with E-state index in [9.17, 15) is 14.4 Å². The summed E-state index contributed by atoms with van der Waals surface area (Å²) in [5.41, 5.74) is 5.21. The van der Waals surface area contributed by atoms with Gasteiger partial charge in [0, 0.05) is 6.54 Å². The predicted octanol–water partition coefficient (Wildman–Crippen LogP) is 3.39. The molecule has 3 fully saturated rings. The number of hydrogen-bond donors (Lipinski definition) is 2. The second-order valence-corrected chi connectivity index (χ2v) is 12.6. The van der Waals surface area contributed by atoms with Crippen molar-refractivity contribution >= 4 is 17.8 Å². The minimum atomic E-state index is -0.747. The third-order valence-corrected chi connectivity index (χ3v) is 7.68. The number of hydrogen-bond acceptors (Lipinski definition) is 5. The second kappa shape index (κ2) is 9.93. The van der Waals surface area contributed by atoms with E-state index in [0.29, 0.717) is 12.5 Å². The van der Waals surface area contributed by atoms with E-state index in [-0.39, 0.29) is 29.6 Å². The Hall–Kier alpha value is -1.63. The van der Waals surface area contributed by atoms with Crippen molar-refractivity contribution in [3.05, 3.63) is 0 Å². The number of esters is 1. The summed E-state index contributed by atoms with van der Waals surface area (Å²) in [6.07, 6.45) is 8.33. The second-order valence-electron chi connectivity index (χ2n) is 12.6. The number of nitrogens with zero attached hydrogens (tertiary/aromatic N) is 1. The number of carbonyl (C=O) groups is 3. The Bertz CT molecular complexity index is 733. The minimum Gasteiger partial charge on any atom is -0.458 e. The summed E-state index contributed by atoms with van der Waals surface area (Å²) in [5, 5.41) is 3.00. The van der Waals surface area contributed by atoms with Crippen molar-refractivity contribution in [2.75, 3.05) is 6.54 Å². The molecule has 2 aliphatic carbocycles. The molecular weight excluding hydrogens is 418 g/mol. The highest BCUT2D eigenvalue weighted by Crippen LogP contribution is 2.43. The van der Waals surface area contributed by atoms with Crippen LogP contribution >= 0.6 is 0 Å². The summed E-state index contributed by atoms with van der Waals surface area (Å²) in [6.45, 7) is 11.9. The molecule has 0 aromatic heterocycles. The lowest BCUT2D eigenvalue weighted by atomic mass is 9.82. The molecule has 188 valence electrons. The quantitative estimate of drug-likeness (QED) is 0.609. The summed E-state index contributed by atoms with van der Waals surface area (Å²) in [5.74, 6) is -0.185. The molecule has 0 aromatic rings. The Kier molecular flexibility index (Phi) is 7.82. The van der Waals surface area contributed by atoms with E-state index in [1.54, 1.807) is 4.90 Å². The maximum Gasteiger partial charge on any atom is 0.329 e. The lowest BCUT2D eigenvalue weighted by Gasteiger charge is -2.37. The average Bonchev–Trinajstić information content (AvgIpc) is 3.30. The molecule has 7 heteroatoms. The number of amides is 2. The molecule has 1 saturated heterocycles. The summed E-state index contributed by atoms with van der Waals surface area (Å²) < 4.78 is 5.73. The zero-order chi connectivity index (χ0) is 24.6. The Morgan fingerprint density at radius 3 is 2.15 bits per heavy atom. The molecule has 2 amide bonds. The first-order valence-corrected chi connectivity index (χ1v) is 12.9. The smallest absolute Gasteiger partial charge is 0.329 e. The molecule has 2 saturated carbocycles. The zero-order valence-corrected chi connectivity index (χ0v) is 21.5. The van der Waals surface area contributed by atoms with Gasteiger partial charge in [-0.15, -0.1) is 0 Å². The number of rotatable bonds is 5. The van der Waals surface area contributed by atoms with Gasteiger partial charge in [-0.25, -0.2) is 4.79 Å². The van der Waals surface area contributed by atoms with Crippen molar-refractivity contribution < 1.29 is 19.1 Å². The molecular formula is C26H45N3O4. The fraction of sp³-hybridized carbons (Fsp3) is 0.885. The predicted molar refractivity (Wildman–Crippen MR) is 128 cm³/mol. The van der Waals surface area contributed by atoms with Crippen LogP contribution in [0.25, 0.3) is 0 Å². The Morgan fingerprint density at radius 1 is 0.939 bits per heavy atom. The van der Waals surface area contributed by atoms with E-state index in [4.69, 9.17) is 10.5 Å². The van der Waals surface area contributed by atoms with Crippen LogP contribution in [0.3, 0.4) is 0 Å². The lowest BCUT2D eigenvalue weighted by Crippen LogP contribution is -2.60. The normalized spacial score (nSPS) is 28.2. The summed E-state index contributed by atoms with van der Waals surface area (Å²) in [7, 11) is 0. The van der Waals surface area contributed by atoms with Crippen LogP contribution in [0.4, 0.5) is 0 Å². The van der Waals surface area contributed by atoms with E-state index in [1.165, 1.54) is 6.42 Å². The van der Waals surface area contributed by atoms with Crippen molar-refractivity contribution in [1.29, 1.82) is 0 Å². The van der Waals surface area contributed by atoms with Gasteiger partial charge in [0.2, 0.25) is 11.8 Å². The average molecular weight is 464 g/mol. The first kappa shape index (κ1) is 26.0. The Morgan fingerprint density at radius 2 is 1.58 bits per heavy atom. The molecule has 0 spiro atoms. The molecule has 3 aliphatic rings. The molecule has 1 heterocycles. The van der Waals surface area contributed by atoms with Crippen LogP contribution in [-0.4, -0.2) is 53.0 Å². The Labute approximate surface area is 199 Å². The summed E-state index contributed by atoms with van der Waals surface area (Å²) >= 11 is 0. The Balaban J connectivity index is 1.79. The third-order valence-electron chi connectivity index (χ3n) is 7.68. The highest BCUT2D eigenvalue weighted by Gasteiger charge is 2.53. The number of fused-ring (bicyclic) bond motifs is 1. The monoisotopic (exact) mass is 463 g/mol. The van der Waals surface area contributed by atoms with Crippen LogP contribution < -0.4 is 11.1 Å². The number of carbonyl (C=O) groups excluding carboxylic acids is 3. The minimum absolute atomic E-state index is 0.129. The van der Waals surface area contributed by atoms with Crippen LogP contribution in [0.5, 0.6) is 0 Å². The molecule has 5 atom stereocenters. The van der Waals surface area contributed by atoms with Crippen molar-refractivity contribution in [2.24, 2.45) is 28.9 Å². The van der Waals surface area contributed by atoms with Crippen LogP contribution in [-0.2, 0) is 19.1 Å². The van der Waals surface area contributed by atoms with E-state index < -0.39 is 29.1 Å². The van der Waals surface area contributed by atoms with Crippen LogP contribution in [0.2, 0.25) is 0 Å². The maximum atomic E-state index is 13.9. The molecule has 0 unspecified atom stereocenters. The molecule has 0 bridgehead atoms. The lowest BCUT2D eigenvalue weighted by molar-refractivity contribution is -0.165. The van der Waals surface area contributed by atoms with Crippen LogP contribution in [0.1, 0.15) is 92.9 Å². The maximum absolute atomic E-state index is 13.9. The molecule has 7 nitrogen and oxygen atoms in total. The fourth-order valence-corrected chi connectivity index (χ4v) is 5.96. The van der Waals surface area contributed by atoms with Gasteiger partial charge < -0.3 is 20.7 Å². The van der Waals surface area contributed by atoms with Gasteiger partial charge in [0.1, 0.15) is 17.7 Å². The van der Waals surface area contributed by atoms with Gasteiger partial charge in [0.05, 0.1) is 6.04 Å². The first-order valence-electron chi connectivity index (χ1n) is 12.9. The highest BCUT2D eigenvalue weighted by molar-refractivity contribution is 5.93. The molecule has 3 rings (SSSR count). The molecule has 0 radical (unpaired) electrons. The van der Waals surface area contributed by atoms with Gasteiger partial charge in [-0.3, -0.25) is 9.59 Å². The molecule has 33 heavy (non-hydrogen) atoms. The van der Waals surface area contributed by atoms with Gasteiger partial charge in [-0.05, 0) is 69.6 Å². The van der Waals surface area contributed by atoms with Crippen molar-refractivity contribution in [3.8, 4) is 0 Å². The van der Waals surface area contributed by atoms with E-state index in [1.807, 2.05) is 41.5 Å². The number of ether oxygens (including phenoxy) is 1. The molecule has 1 aliphatic heterocycles. The zero-order valence-electron chi connectivity index (χ0n) is 21.5. The van der Waals surface area contributed by atoms with Crippen LogP contribution in [0.15, 0.2) is 0 Å². The van der Waals surface area contributed by atoms with Crippen molar-refractivity contribution in [3.63, 3.8) is 0 Å². The number of nitrogens with two attached hydrogens (primary N) is 1. The van der Waals surface area contributed by atoms with Crippen molar-refractivity contribution in [1.82, 2.24) is 10.2 Å². The van der Waals surface area contributed by atoms with Crippen molar-refractivity contribution in [2.45, 2.75) is 117 Å².